The Balaban J connectivity index is 2.34. The molecule has 2 atom stereocenters. The largest absolute Gasteiger partial charge is 0.346 e. The average Bonchev–Trinajstić information content (AvgIpc) is 2.55. The highest BCUT2D eigenvalue weighted by atomic mass is 15.0. The molecule has 1 aromatic rings. The van der Waals surface area contributed by atoms with E-state index in [1.54, 1.807) is 0 Å². The van der Waals surface area contributed by atoms with Gasteiger partial charge in [-0.3, -0.25) is 0 Å². The van der Waals surface area contributed by atoms with Gasteiger partial charge in [-0.05, 0) is 57.1 Å². The predicted molar refractivity (Wildman–Crippen MR) is 73.2 cm³/mol. The molecule has 1 aromatic heterocycles. The third kappa shape index (κ3) is 2.42. The molecular formula is C15H26N2. The molecule has 0 aliphatic heterocycles. The van der Waals surface area contributed by atoms with Crippen molar-refractivity contribution >= 4 is 0 Å². The molecule has 1 aliphatic carbocycles. The summed E-state index contributed by atoms with van der Waals surface area (Å²) in [5.74, 6) is 0.750. The zero-order valence-corrected chi connectivity index (χ0v) is 11.7. The molecule has 0 bridgehead atoms. The zero-order valence-electron chi connectivity index (χ0n) is 11.7. The van der Waals surface area contributed by atoms with Crippen LogP contribution in [0, 0.1) is 12.8 Å². The summed E-state index contributed by atoms with van der Waals surface area (Å²) in [4.78, 5) is 0. The number of aryl methyl sites for hydroxylation is 1. The van der Waals surface area contributed by atoms with Gasteiger partial charge in [0.05, 0.1) is 0 Å². The van der Waals surface area contributed by atoms with Crippen LogP contribution in [-0.4, -0.2) is 4.57 Å². The van der Waals surface area contributed by atoms with Crippen LogP contribution in [0.3, 0.4) is 0 Å². The Labute approximate surface area is 105 Å². The van der Waals surface area contributed by atoms with E-state index in [0.29, 0.717) is 6.04 Å². The topological polar surface area (TPSA) is 30.9 Å². The summed E-state index contributed by atoms with van der Waals surface area (Å²) in [6, 6.07) is 3.18. The Morgan fingerprint density at radius 2 is 2.12 bits per heavy atom. The third-order valence-corrected chi connectivity index (χ3v) is 3.95. The van der Waals surface area contributed by atoms with E-state index >= 15 is 0 Å². The van der Waals surface area contributed by atoms with Crippen LogP contribution in [0.15, 0.2) is 6.07 Å². The fourth-order valence-electron chi connectivity index (χ4n) is 3.36. The molecule has 2 heteroatoms. The Hall–Kier alpha value is -0.760. The van der Waals surface area contributed by atoms with Crippen LogP contribution in [0.25, 0.3) is 0 Å². The van der Waals surface area contributed by atoms with E-state index in [4.69, 9.17) is 5.73 Å². The summed E-state index contributed by atoms with van der Waals surface area (Å²) in [5, 5.41) is 0. The number of hydrogen-bond donors (Lipinski definition) is 1. The molecule has 0 saturated heterocycles. The lowest BCUT2D eigenvalue weighted by molar-refractivity contribution is 0.406. The first-order valence-corrected chi connectivity index (χ1v) is 6.97. The quantitative estimate of drug-likeness (QED) is 0.848. The van der Waals surface area contributed by atoms with Gasteiger partial charge in [-0.2, -0.15) is 0 Å². The van der Waals surface area contributed by atoms with Crippen molar-refractivity contribution in [2.75, 3.05) is 0 Å². The van der Waals surface area contributed by atoms with Crippen molar-refractivity contribution in [2.24, 2.45) is 11.7 Å². The normalized spacial score (nSPS) is 21.6. The van der Waals surface area contributed by atoms with Gasteiger partial charge in [0.1, 0.15) is 0 Å². The number of nitrogens with zero attached hydrogens (tertiary/aromatic N) is 1. The highest BCUT2D eigenvalue weighted by Crippen LogP contribution is 2.34. The van der Waals surface area contributed by atoms with E-state index in [9.17, 15) is 0 Å². The lowest BCUT2D eigenvalue weighted by Crippen LogP contribution is -2.20. The molecule has 0 saturated carbocycles. The van der Waals surface area contributed by atoms with E-state index in [1.807, 2.05) is 0 Å². The molecule has 0 spiro atoms. The number of fused-ring (bicyclic) bond motifs is 1. The minimum Gasteiger partial charge on any atom is -0.346 e. The van der Waals surface area contributed by atoms with Gasteiger partial charge in [0.15, 0.2) is 0 Å². The van der Waals surface area contributed by atoms with E-state index in [1.165, 1.54) is 36.2 Å². The molecule has 2 rings (SSSR count). The Morgan fingerprint density at radius 1 is 1.41 bits per heavy atom. The van der Waals surface area contributed by atoms with E-state index in [-0.39, 0.29) is 6.04 Å². The maximum absolute atomic E-state index is 6.22. The first-order valence-electron chi connectivity index (χ1n) is 6.97. The van der Waals surface area contributed by atoms with E-state index < -0.39 is 0 Å². The van der Waals surface area contributed by atoms with Crippen molar-refractivity contribution in [1.82, 2.24) is 4.57 Å². The number of rotatable bonds is 3. The predicted octanol–water partition coefficient (Wildman–Crippen LogP) is 3.74. The Morgan fingerprint density at radius 3 is 2.76 bits per heavy atom. The van der Waals surface area contributed by atoms with Gasteiger partial charge in [-0.1, -0.05) is 13.8 Å². The molecular weight excluding hydrogens is 208 g/mol. The molecule has 17 heavy (non-hydrogen) atoms. The average molecular weight is 234 g/mol. The fraction of sp³-hybridized carbons (Fsp3) is 0.733. The van der Waals surface area contributed by atoms with E-state index in [0.717, 1.165) is 12.3 Å². The van der Waals surface area contributed by atoms with Crippen molar-refractivity contribution in [3.05, 3.63) is 23.0 Å². The molecule has 0 fully saturated rings. The van der Waals surface area contributed by atoms with Crippen LogP contribution >= 0.6 is 0 Å². The molecule has 1 heterocycles. The smallest absolute Gasteiger partial charge is 0.0313 e. The molecule has 2 nitrogen and oxygen atoms in total. The van der Waals surface area contributed by atoms with Crippen LogP contribution in [0.1, 0.15) is 69.1 Å². The summed E-state index contributed by atoms with van der Waals surface area (Å²) in [6.07, 6.45) is 4.84. The van der Waals surface area contributed by atoms with Crippen LogP contribution in [0.2, 0.25) is 0 Å². The van der Waals surface area contributed by atoms with Crippen molar-refractivity contribution in [3.63, 3.8) is 0 Å². The summed E-state index contributed by atoms with van der Waals surface area (Å²) in [6.45, 7) is 9.16. The molecule has 96 valence electrons. The lowest BCUT2D eigenvalue weighted by Gasteiger charge is -2.25. The zero-order chi connectivity index (χ0) is 12.6. The fourth-order valence-corrected chi connectivity index (χ4v) is 3.36. The minimum absolute atomic E-state index is 0.268. The summed E-state index contributed by atoms with van der Waals surface area (Å²) in [5.41, 5.74) is 10.5. The second kappa shape index (κ2) is 4.85. The Bertz CT molecular complexity index is 390. The first kappa shape index (κ1) is 12.7. The maximum Gasteiger partial charge on any atom is 0.0313 e. The van der Waals surface area contributed by atoms with Gasteiger partial charge in [-0.25, -0.2) is 0 Å². The SMILES string of the molecule is Cc1cc2c(n1C(C)CC(C)C)CCCC2N. The molecule has 1 aliphatic rings. The van der Waals surface area contributed by atoms with Crippen molar-refractivity contribution in [1.29, 1.82) is 0 Å². The van der Waals surface area contributed by atoms with E-state index in [2.05, 4.69) is 38.3 Å². The van der Waals surface area contributed by atoms with Crippen molar-refractivity contribution in [2.45, 2.75) is 65.5 Å². The molecule has 0 amide bonds. The number of nitrogens with two attached hydrogens (primary N) is 1. The van der Waals surface area contributed by atoms with Crippen LogP contribution in [0.4, 0.5) is 0 Å². The van der Waals surface area contributed by atoms with Crippen LogP contribution in [-0.2, 0) is 6.42 Å². The van der Waals surface area contributed by atoms with Crippen molar-refractivity contribution < 1.29 is 0 Å². The summed E-state index contributed by atoms with van der Waals surface area (Å²) in [7, 11) is 0. The maximum atomic E-state index is 6.22. The second-order valence-electron chi connectivity index (χ2n) is 6.04. The number of aromatic nitrogens is 1. The third-order valence-electron chi connectivity index (χ3n) is 3.95. The first-order chi connectivity index (χ1) is 8.00. The van der Waals surface area contributed by atoms with Gasteiger partial charge in [0.25, 0.3) is 0 Å². The van der Waals surface area contributed by atoms with Gasteiger partial charge in [-0.15, -0.1) is 0 Å². The van der Waals surface area contributed by atoms with Crippen LogP contribution < -0.4 is 5.73 Å². The molecule has 0 radical (unpaired) electrons. The second-order valence-corrected chi connectivity index (χ2v) is 6.04. The lowest BCUT2D eigenvalue weighted by atomic mass is 9.93. The summed E-state index contributed by atoms with van der Waals surface area (Å²) >= 11 is 0. The van der Waals surface area contributed by atoms with Crippen molar-refractivity contribution in [3.8, 4) is 0 Å². The molecule has 0 aromatic carbocycles. The molecule has 2 N–H and O–H groups in total. The van der Waals surface area contributed by atoms with Gasteiger partial charge >= 0.3 is 0 Å². The number of hydrogen-bond acceptors (Lipinski definition) is 1. The highest BCUT2D eigenvalue weighted by molar-refractivity contribution is 5.33. The van der Waals surface area contributed by atoms with Gasteiger partial charge in [0, 0.05) is 23.5 Å². The standard InChI is InChI=1S/C15H26N2/c1-10(2)8-11(3)17-12(4)9-13-14(16)6-5-7-15(13)17/h9-11,14H,5-8,16H2,1-4H3. The summed E-state index contributed by atoms with van der Waals surface area (Å²) < 4.78 is 2.54. The molecule has 2 unspecified atom stereocenters. The van der Waals surface area contributed by atoms with Gasteiger partial charge in [0.2, 0.25) is 0 Å². The minimum atomic E-state index is 0.268. The monoisotopic (exact) mass is 234 g/mol. The van der Waals surface area contributed by atoms with Crippen LogP contribution in [0.5, 0.6) is 0 Å². The Kier molecular flexibility index (Phi) is 3.62. The highest BCUT2D eigenvalue weighted by Gasteiger charge is 2.24. The van der Waals surface area contributed by atoms with Gasteiger partial charge < -0.3 is 10.3 Å².